The molecule has 1 saturated heterocycles. The van der Waals surface area contributed by atoms with E-state index in [2.05, 4.69) is 5.32 Å². The predicted molar refractivity (Wildman–Crippen MR) is 103 cm³/mol. The van der Waals surface area contributed by atoms with Gasteiger partial charge in [-0.25, -0.2) is 4.39 Å². The lowest BCUT2D eigenvalue weighted by atomic mass is 9.98. The van der Waals surface area contributed by atoms with Crippen LogP contribution in [0.1, 0.15) is 24.8 Å². The number of nitrogens with one attached hydrogen (secondary N) is 1. The fraction of sp³-hybridized carbons (Fsp3) is 0.333. The first-order valence-electron chi connectivity index (χ1n) is 9.14. The molecule has 0 saturated carbocycles. The molecule has 3 rings (SSSR count). The molecular formula is C21H23FN2O4. The topological polar surface area (TPSA) is 67.9 Å². The van der Waals surface area contributed by atoms with Crippen LogP contribution < -0.4 is 14.8 Å². The Hall–Kier alpha value is -3.09. The van der Waals surface area contributed by atoms with Crippen molar-refractivity contribution in [1.29, 1.82) is 0 Å². The van der Waals surface area contributed by atoms with Gasteiger partial charge in [0.1, 0.15) is 5.82 Å². The van der Waals surface area contributed by atoms with Crippen molar-refractivity contribution in [1.82, 2.24) is 4.90 Å². The summed E-state index contributed by atoms with van der Waals surface area (Å²) in [6.45, 7) is 2.77. The Morgan fingerprint density at radius 3 is 2.79 bits per heavy atom. The van der Waals surface area contributed by atoms with Gasteiger partial charge in [-0.05, 0) is 42.8 Å². The van der Waals surface area contributed by atoms with Crippen LogP contribution in [0.2, 0.25) is 0 Å². The van der Waals surface area contributed by atoms with Gasteiger partial charge in [0, 0.05) is 24.6 Å². The summed E-state index contributed by atoms with van der Waals surface area (Å²) in [6, 6.07) is 11.3. The van der Waals surface area contributed by atoms with Crippen LogP contribution in [0, 0.1) is 5.82 Å². The number of benzene rings is 2. The third kappa shape index (κ3) is 4.60. The number of hydrogen-bond donors (Lipinski definition) is 1. The lowest BCUT2D eigenvalue weighted by Crippen LogP contribution is -2.34. The van der Waals surface area contributed by atoms with Crippen molar-refractivity contribution in [2.45, 2.75) is 19.3 Å². The standard InChI is InChI=1S/C21H23FN2O4/c1-3-28-19-9-14(7-8-18(19)27-2)15-10-21(26)24(12-15)13-20(25)23-17-6-4-5-16(22)11-17/h4-9,11,15H,3,10,12-13H2,1-2H3,(H,23,25)/t15-/m0/s1. The number of amides is 2. The summed E-state index contributed by atoms with van der Waals surface area (Å²) in [4.78, 5) is 26.1. The molecule has 1 aliphatic rings. The molecule has 1 fully saturated rings. The minimum absolute atomic E-state index is 0.0282. The SMILES string of the molecule is CCOc1cc([C@H]2CC(=O)N(CC(=O)Nc3cccc(F)c3)C2)ccc1OC. The highest BCUT2D eigenvalue weighted by Crippen LogP contribution is 2.35. The number of hydrogen-bond acceptors (Lipinski definition) is 4. The van der Waals surface area contributed by atoms with Gasteiger partial charge in [-0.3, -0.25) is 9.59 Å². The normalized spacial score (nSPS) is 16.2. The van der Waals surface area contributed by atoms with Gasteiger partial charge >= 0.3 is 0 Å². The van der Waals surface area contributed by atoms with Gasteiger partial charge < -0.3 is 19.7 Å². The fourth-order valence-electron chi connectivity index (χ4n) is 3.30. The molecule has 6 nitrogen and oxygen atoms in total. The number of ether oxygens (including phenoxy) is 2. The first-order chi connectivity index (χ1) is 13.5. The van der Waals surface area contributed by atoms with E-state index < -0.39 is 5.82 Å². The number of anilines is 1. The molecule has 1 atom stereocenters. The van der Waals surface area contributed by atoms with Crippen LogP contribution >= 0.6 is 0 Å². The van der Waals surface area contributed by atoms with Crippen molar-refractivity contribution in [2.75, 3.05) is 32.1 Å². The Bertz CT molecular complexity index is 871. The largest absolute Gasteiger partial charge is 0.493 e. The van der Waals surface area contributed by atoms with Crippen molar-refractivity contribution < 1.29 is 23.5 Å². The summed E-state index contributed by atoms with van der Waals surface area (Å²) in [5.41, 5.74) is 1.33. The number of carbonyl (C=O) groups excluding carboxylic acids is 2. The molecule has 7 heteroatoms. The fourth-order valence-corrected chi connectivity index (χ4v) is 3.30. The van der Waals surface area contributed by atoms with Gasteiger partial charge in [0.25, 0.3) is 0 Å². The van der Waals surface area contributed by atoms with E-state index in [0.29, 0.717) is 36.8 Å². The second kappa shape index (κ2) is 8.73. The van der Waals surface area contributed by atoms with Gasteiger partial charge in [0.15, 0.2) is 11.5 Å². The van der Waals surface area contributed by atoms with E-state index in [0.717, 1.165) is 5.56 Å². The summed E-state index contributed by atoms with van der Waals surface area (Å²) in [6.07, 6.45) is 0.325. The van der Waals surface area contributed by atoms with Crippen LogP contribution in [-0.4, -0.2) is 43.5 Å². The monoisotopic (exact) mass is 386 g/mol. The van der Waals surface area contributed by atoms with E-state index in [-0.39, 0.29) is 24.3 Å². The molecule has 2 aromatic rings. The molecule has 1 heterocycles. The minimum Gasteiger partial charge on any atom is -0.493 e. The molecule has 0 bridgehead atoms. The molecule has 28 heavy (non-hydrogen) atoms. The maximum absolute atomic E-state index is 13.2. The van der Waals surface area contributed by atoms with Crippen molar-refractivity contribution in [2.24, 2.45) is 0 Å². The summed E-state index contributed by atoms with van der Waals surface area (Å²) >= 11 is 0. The Morgan fingerprint density at radius 2 is 2.07 bits per heavy atom. The minimum atomic E-state index is -0.431. The predicted octanol–water partition coefficient (Wildman–Crippen LogP) is 3.19. The Balaban J connectivity index is 1.65. The number of rotatable bonds is 7. The van der Waals surface area contributed by atoms with Gasteiger partial charge in [0.2, 0.25) is 11.8 Å². The lowest BCUT2D eigenvalue weighted by Gasteiger charge is -2.17. The van der Waals surface area contributed by atoms with Crippen LogP contribution in [0.25, 0.3) is 0 Å². The highest BCUT2D eigenvalue weighted by molar-refractivity contribution is 5.95. The molecule has 0 aliphatic carbocycles. The number of halogens is 1. The van der Waals surface area contributed by atoms with E-state index in [4.69, 9.17) is 9.47 Å². The van der Waals surface area contributed by atoms with Gasteiger partial charge in [0.05, 0.1) is 20.3 Å². The van der Waals surface area contributed by atoms with Crippen LogP contribution in [0.15, 0.2) is 42.5 Å². The van der Waals surface area contributed by atoms with E-state index in [1.807, 2.05) is 25.1 Å². The zero-order valence-corrected chi connectivity index (χ0v) is 15.9. The molecule has 2 aromatic carbocycles. The second-order valence-corrected chi connectivity index (χ2v) is 6.58. The number of nitrogens with zero attached hydrogens (tertiary/aromatic N) is 1. The number of carbonyl (C=O) groups is 2. The molecule has 148 valence electrons. The van der Waals surface area contributed by atoms with Crippen molar-refractivity contribution in [3.05, 3.63) is 53.8 Å². The molecule has 1 aliphatic heterocycles. The first-order valence-corrected chi connectivity index (χ1v) is 9.14. The van der Waals surface area contributed by atoms with Gasteiger partial charge in [-0.1, -0.05) is 12.1 Å². The maximum Gasteiger partial charge on any atom is 0.243 e. The van der Waals surface area contributed by atoms with Crippen LogP contribution in [0.5, 0.6) is 11.5 Å². The maximum atomic E-state index is 13.2. The molecule has 0 unspecified atom stereocenters. The average Bonchev–Trinajstić information content (AvgIpc) is 3.02. The lowest BCUT2D eigenvalue weighted by molar-refractivity contribution is -0.131. The van der Waals surface area contributed by atoms with Crippen LogP contribution in [-0.2, 0) is 9.59 Å². The molecule has 2 amide bonds. The first kappa shape index (κ1) is 19.7. The zero-order valence-electron chi connectivity index (χ0n) is 15.9. The Kier molecular flexibility index (Phi) is 6.13. The third-order valence-electron chi connectivity index (χ3n) is 4.62. The smallest absolute Gasteiger partial charge is 0.243 e. The summed E-state index contributed by atoms with van der Waals surface area (Å²) < 4.78 is 24.1. The highest BCUT2D eigenvalue weighted by Gasteiger charge is 2.32. The quantitative estimate of drug-likeness (QED) is 0.794. The van der Waals surface area contributed by atoms with Crippen LogP contribution in [0.4, 0.5) is 10.1 Å². The number of methoxy groups -OCH3 is 1. The average molecular weight is 386 g/mol. The van der Waals surface area contributed by atoms with Crippen molar-refractivity contribution in [3.63, 3.8) is 0 Å². The Labute approximate surface area is 163 Å². The summed E-state index contributed by atoms with van der Waals surface area (Å²) in [5.74, 6) is 0.371. The van der Waals surface area contributed by atoms with Crippen molar-refractivity contribution >= 4 is 17.5 Å². The van der Waals surface area contributed by atoms with E-state index in [9.17, 15) is 14.0 Å². The van der Waals surface area contributed by atoms with Gasteiger partial charge in [-0.2, -0.15) is 0 Å². The second-order valence-electron chi connectivity index (χ2n) is 6.58. The molecule has 0 aromatic heterocycles. The molecule has 1 N–H and O–H groups in total. The zero-order chi connectivity index (χ0) is 20.1. The number of likely N-dealkylation sites (tertiary alicyclic amines) is 1. The summed E-state index contributed by atoms with van der Waals surface area (Å²) in [7, 11) is 1.58. The van der Waals surface area contributed by atoms with Crippen LogP contribution in [0.3, 0.4) is 0 Å². The van der Waals surface area contributed by atoms with Crippen molar-refractivity contribution in [3.8, 4) is 11.5 Å². The van der Waals surface area contributed by atoms with Gasteiger partial charge in [-0.15, -0.1) is 0 Å². The highest BCUT2D eigenvalue weighted by atomic mass is 19.1. The third-order valence-corrected chi connectivity index (χ3v) is 4.62. The van der Waals surface area contributed by atoms with E-state index in [1.165, 1.54) is 23.1 Å². The molecular weight excluding hydrogens is 363 g/mol. The molecule has 0 spiro atoms. The van der Waals surface area contributed by atoms with E-state index in [1.54, 1.807) is 13.2 Å². The summed E-state index contributed by atoms with van der Waals surface area (Å²) in [5, 5.41) is 2.62. The van der Waals surface area contributed by atoms with E-state index >= 15 is 0 Å². The Morgan fingerprint density at radius 1 is 1.25 bits per heavy atom. The molecule has 0 radical (unpaired) electrons.